The standard InChI is InChI=1S/C10H19N/c1-2-7-11-8-6-9-4-3-5-10(9)11/h9-10H,2-8H2,1H3. The van der Waals surface area contributed by atoms with Gasteiger partial charge in [-0.15, -0.1) is 0 Å². The minimum absolute atomic E-state index is 0.995. The maximum atomic E-state index is 2.72. The molecule has 2 aliphatic rings. The summed E-state index contributed by atoms with van der Waals surface area (Å²) in [6, 6.07) is 0.995. The molecule has 0 bridgehead atoms. The lowest BCUT2D eigenvalue weighted by atomic mass is 10.0. The zero-order chi connectivity index (χ0) is 7.68. The lowest BCUT2D eigenvalue weighted by Crippen LogP contribution is -2.30. The van der Waals surface area contributed by atoms with Gasteiger partial charge in [0.25, 0.3) is 0 Å². The smallest absolute Gasteiger partial charge is 0.0124 e. The summed E-state index contributed by atoms with van der Waals surface area (Å²) in [4.78, 5) is 2.72. The Hall–Kier alpha value is -0.0400. The Morgan fingerprint density at radius 2 is 2.18 bits per heavy atom. The Kier molecular flexibility index (Phi) is 2.17. The van der Waals surface area contributed by atoms with Crippen LogP contribution in [0.3, 0.4) is 0 Å². The van der Waals surface area contributed by atoms with E-state index in [0.717, 1.165) is 12.0 Å². The number of rotatable bonds is 2. The first-order valence-corrected chi connectivity index (χ1v) is 5.16. The number of fused-ring (bicyclic) bond motifs is 1. The van der Waals surface area contributed by atoms with E-state index in [0.29, 0.717) is 0 Å². The van der Waals surface area contributed by atoms with Crippen molar-refractivity contribution in [3.63, 3.8) is 0 Å². The predicted molar refractivity (Wildman–Crippen MR) is 47.6 cm³/mol. The molecule has 0 radical (unpaired) electrons. The summed E-state index contributed by atoms with van der Waals surface area (Å²) < 4.78 is 0. The summed E-state index contributed by atoms with van der Waals surface area (Å²) >= 11 is 0. The predicted octanol–water partition coefficient (Wildman–Crippen LogP) is 2.27. The van der Waals surface area contributed by atoms with Crippen molar-refractivity contribution in [2.45, 2.75) is 45.1 Å². The third-order valence-corrected chi connectivity index (χ3v) is 3.39. The van der Waals surface area contributed by atoms with Crippen molar-refractivity contribution in [1.82, 2.24) is 4.90 Å². The van der Waals surface area contributed by atoms with Crippen molar-refractivity contribution in [2.24, 2.45) is 5.92 Å². The molecule has 0 N–H and O–H groups in total. The van der Waals surface area contributed by atoms with E-state index in [2.05, 4.69) is 11.8 Å². The van der Waals surface area contributed by atoms with Gasteiger partial charge < -0.3 is 4.90 Å². The summed E-state index contributed by atoms with van der Waals surface area (Å²) in [6.07, 6.45) is 7.33. The highest BCUT2D eigenvalue weighted by atomic mass is 15.2. The van der Waals surface area contributed by atoms with Gasteiger partial charge in [0.1, 0.15) is 0 Å². The van der Waals surface area contributed by atoms with Crippen LogP contribution in [0.15, 0.2) is 0 Å². The molecule has 11 heavy (non-hydrogen) atoms. The Morgan fingerprint density at radius 3 is 3.00 bits per heavy atom. The molecule has 1 heterocycles. The topological polar surface area (TPSA) is 3.24 Å². The largest absolute Gasteiger partial charge is 0.300 e. The van der Waals surface area contributed by atoms with Gasteiger partial charge in [0.15, 0.2) is 0 Å². The van der Waals surface area contributed by atoms with Gasteiger partial charge in [-0.3, -0.25) is 0 Å². The second kappa shape index (κ2) is 3.14. The second-order valence-corrected chi connectivity index (χ2v) is 4.08. The van der Waals surface area contributed by atoms with E-state index < -0.39 is 0 Å². The molecule has 2 rings (SSSR count). The molecule has 2 atom stereocenters. The van der Waals surface area contributed by atoms with Gasteiger partial charge in [0.05, 0.1) is 0 Å². The summed E-state index contributed by atoms with van der Waals surface area (Å²) in [7, 11) is 0. The molecule has 0 aromatic heterocycles. The van der Waals surface area contributed by atoms with Crippen LogP contribution in [0.2, 0.25) is 0 Å². The first-order valence-electron chi connectivity index (χ1n) is 5.16. The normalized spacial score (nSPS) is 37.9. The highest BCUT2D eigenvalue weighted by molar-refractivity contribution is 4.91. The monoisotopic (exact) mass is 153 g/mol. The molecule has 1 saturated carbocycles. The highest BCUT2D eigenvalue weighted by Crippen LogP contribution is 2.37. The summed E-state index contributed by atoms with van der Waals surface area (Å²) in [5.41, 5.74) is 0. The van der Waals surface area contributed by atoms with Crippen LogP contribution < -0.4 is 0 Å². The van der Waals surface area contributed by atoms with Crippen molar-refractivity contribution >= 4 is 0 Å². The van der Waals surface area contributed by atoms with E-state index in [1.54, 1.807) is 0 Å². The summed E-state index contributed by atoms with van der Waals surface area (Å²) in [5.74, 6) is 1.08. The Morgan fingerprint density at radius 1 is 1.27 bits per heavy atom. The first kappa shape index (κ1) is 7.60. The van der Waals surface area contributed by atoms with E-state index in [9.17, 15) is 0 Å². The van der Waals surface area contributed by atoms with Crippen LogP contribution in [0.1, 0.15) is 39.0 Å². The van der Waals surface area contributed by atoms with Crippen molar-refractivity contribution in [1.29, 1.82) is 0 Å². The molecule has 2 unspecified atom stereocenters. The van der Waals surface area contributed by atoms with E-state index in [4.69, 9.17) is 0 Å². The van der Waals surface area contributed by atoms with Crippen LogP contribution in [0, 0.1) is 5.92 Å². The van der Waals surface area contributed by atoms with Crippen LogP contribution in [0.4, 0.5) is 0 Å². The van der Waals surface area contributed by atoms with Crippen LogP contribution in [-0.4, -0.2) is 24.0 Å². The maximum absolute atomic E-state index is 2.72. The third kappa shape index (κ3) is 1.31. The van der Waals surface area contributed by atoms with Gasteiger partial charge in [-0.2, -0.15) is 0 Å². The fraction of sp³-hybridized carbons (Fsp3) is 1.00. The SMILES string of the molecule is CCCN1CCC2CCCC21. The van der Waals surface area contributed by atoms with Crippen LogP contribution in [0.25, 0.3) is 0 Å². The molecule has 1 nitrogen and oxygen atoms in total. The number of hydrogen-bond acceptors (Lipinski definition) is 1. The number of likely N-dealkylation sites (tertiary alicyclic amines) is 1. The molecule has 1 aliphatic carbocycles. The van der Waals surface area contributed by atoms with Crippen LogP contribution in [0.5, 0.6) is 0 Å². The third-order valence-electron chi connectivity index (χ3n) is 3.39. The lowest BCUT2D eigenvalue weighted by molar-refractivity contribution is 0.242. The van der Waals surface area contributed by atoms with Gasteiger partial charge in [0, 0.05) is 6.04 Å². The Balaban J connectivity index is 1.92. The van der Waals surface area contributed by atoms with Gasteiger partial charge in [-0.25, -0.2) is 0 Å². The first-order chi connectivity index (χ1) is 5.42. The number of hydrogen-bond donors (Lipinski definition) is 0. The van der Waals surface area contributed by atoms with Crippen molar-refractivity contribution in [3.05, 3.63) is 0 Å². The van der Waals surface area contributed by atoms with E-state index in [1.807, 2.05) is 0 Å². The Labute approximate surface area is 69.8 Å². The molecule has 1 aliphatic heterocycles. The molecule has 2 fully saturated rings. The lowest BCUT2D eigenvalue weighted by Gasteiger charge is -2.22. The molecule has 0 aromatic carbocycles. The van der Waals surface area contributed by atoms with Crippen molar-refractivity contribution < 1.29 is 0 Å². The average Bonchev–Trinajstić information content (AvgIpc) is 2.53. The van der Waals surface area contributed by atoms with Crippen LogP contribution in [-0.2, 0) is 0 Å². The van der Waals surface area contributed by atoms with Gasteiger partial charge >= 0.3 is 0 Å². The van der Waals surface area contributed by atoms with E-state index >= 15 is 0 Å². The minimum Gasteiger partial charge on any atom is -0.300 e. The van der Waals surface area contributed by atoms with E-state index in [-0.39, 0.29) is 0 Å². The molecule has 0 aromatic rings. The minimum atomic E-state index is 0.995. The van der Waals surface area contributed by atoms with Crippen molar-refractivity contribution in [2.75, 3.05) is 13.1 Å². The zero-order valence-electron chi connectivity index (χ0n) is 7.55. The zero-order valence-corrected chi connectivity index (χ0v) is 7.55. The van der Waals surface area contributed by atoms with Gasteiger partial charge in [0.2, 0.25) is 0 Å². The molecular weight excluding hydrogens is 134 g/mol. The Bertz CT molecular complexity index is 131. The summed E-state index contributed by atoms with van der Waals surface area (Å²) in [5, 5.41) is 0. The van der Waals surface area contributed by atoms with E-state index in [1.165, 1.54) is 45.2 Å². The molecule has 1 heteroatoms. The molecule has 0 spiro atoms. The summed E-state index contributed by atoms with van der Waals surface area (Å²) in [6.45, 7) is 5.03. The molecule has 0 amide bonds. The second-order valence-electron chi connectivity index (χ2n) is 4.08. The maximum Gasteiger partial charge on any atom is 0.0124 e. The molecule has 1 saturated heterocycles. The number of nitrogens with zero attached hydrogens (tertiary/aromatic N) is 1. The molecular formula is C10H19N. The quantitative estimate of drug-likeness (QED) is 0.588. The van der Waals surface area contributed by atoms with Gasteiger partial charge in [-0.05, 0) is 44.7 Å². The van der Waals surface area contributed by atoms with Crippen LogP contribution >= 0.6 is 0 Å². The van der Waals surface area contributed by atoms with Crippen molar-refractivity contribution in [3.8, 4) is 0 Å². The fourth-order valence-corrected chi connectivity index (χ4v) is 2.90. The fourth-order valence-electron chi connectivity index (χ4n) is 2.90. The highest BCUT2D eigenvalue weighted by Gasteiger charge is 2.36. The molecule has 64 valence electrons. The van der Waals surface area contributed by atoms with Gasteiger partial charge in [-0.1, -0.05) is 13.3 Å². The average molecular weight is 153 g/mol.